The molecule has 41 heavy (non-hydrogen) atoms. The van der Waals surface area contributed by atoms with Gasteiger partial charge in [-0.3, -0.25) is 4.79 Å². The maximum Gasteiger partial charge on any atom is 0.255 e. The van der Waals surface area contributed by atoms with Crippen molar-refractivity contribution in [2.45, 2.75) is 57.5 Å². The van der Waals surface area contributed by atoms with Crippen molar-refractivity contribution in [3.8, 4) is 11.5 Å². The molecule has 4 aromatic rings. The van der Waals surface area contributed by atoms with Gasteiger partial charge in [0.1, 0.15) is 23.1 Å². The van der Waals surface area contributed by atoms with Crippen molar-refractivity contribution in [1.29, 1.82) is 0 Å². The Kier molecular flexibility index (Phi) is 9.41. The minimum Gasteiger partial charge on any atom is -0.506 e. The minimum atomic E-state index is -3.45. The highest BCUT2D eigenvalue weighted by Gasteiger charge is 2.21. The predicted molar refractivity (Wildman–Crippen MR) is 164 cm³/mol. The second-order valence-electron chi connectivity index (χ2n) is 10.8. The third-order valence-electron chi connectivity index (χ3n) is 6.37. The lowest BCUT2D eigenvalue weighted by molar-refractivity contribution is 0.102. The molecule has 10 heteroatoms. The summed E-state index contributed by atoms with van der Waals surface area (Å²) in [5.74, 6) is -0.00434. The standard InChI is InChI=1S/C31H33ClN2O5S2/c1-20-29(31(2,3)4)34-28(40-20)19-39-24-9-5-8-22(18-24)30(36)33-26-17-21(10-15-27(26)35)7-6-16-41(37,38)25-13-11-23(32)12-14-25/h5,8-15,17-18,35H,6-7,16,19H2,1-4H3,(H,33,36). The van der Waals surface area contributed by atoms with Gasteiger partial charge in [-0.15, -0.1) is 11.3 Å². The number of thiazole rings is 1. The molecule has 0 radical (unpaired) electrons. The van der Waals surface area contributed by atoms with Gasteiger partial charge in [-0.1, -0.05) is 44.5 Å². The summed E-state index contributed by atoms with van der Waals surface area (Å²) in [6, 6.07) is 17.8. The van der Waals surface area contributed by atoms with E-state index in [0.717, 1.165) is 21.1 Å². The molecule has 0 aliphatic rings. The smallest absolute Gasteiger partial charge is 0.255 e. The number of nitrogens with zero attached hydrogens (tertiary/aromatic N) is 1. The first-order chi connectivity index (χ1) is 19.3. The maximum absolute atomic E-state index is 13.0. The van der Waals surface area contributed by atoms with Gasteiger partial charge in [0.05, 0.1) is 22.0 Å². The number of aryl methyl sites for hydroxylation is 2. The largest absolute Gasteiger partial charge is 0.506 e. The number of phenols is 1. The fourth-order valence-corrected chi connectivity index (χ4v) is 6.83. The normalized spacial score (nSPS) is 11.8. The van der Waals surface area contributed by atoms with Gasteiger partial charge in [0.15, 0.2) is 9.84 Å². The number of rotatable bonds is 10. The predicted octanol–water partition coefficient (Wildman–Crippen LogP) is 7.35. The number of halogens is 1. The number of anilines is 1. The minimum absolute atomic E-state index is 0.0396. The van der Waals surface area contributed by atoms with Crippen LogP contribution in [0.3, 0.4) is 0 Å². The van der Waals surface area contributed by atoms with E-state index in [1.54, 1.807) is 59.9 Å². The fourth-order valence-electron chi connectivity index (χ4n) is 4.34. The second-order valence-corrected chi connectivity index (χ2v) is 14.6. The van der Waals surface area contributed by atoms with E-state index in [2.05, 4.69) is 33.0 Å². The average molecular weight is 613 g/mol. The summed E-state index contributed by atoms with van der Waals surface area (Å²) in [6.45, 7) is 8.73. The SMILES string of the molecule is Cc1sc(COc2cccc(C(=O)Nc3cc(CCCS(=O)(=O)c4ccc(Cl)cc4)ccc3O)c2)nc1C(C)(C)C. The van der Waals surface area contributed by atoms with Crippen LogP contribution in [0.2, 0.25) is 5.02 Å². The first kappa shape index (κ1) is 30.6. The Morgan fingerprint density at radius 2 is 1.80 bits per heavy atom. The number of phenolic OH excluding ortho intramolecular Hbond substituents is 1. The Bertz CT molecular complexity index is 1640. The fraction of sp³-hybridized carbons (Fsp3) is 0.290. The quantitative estimate of drug-likeness (QED) is 0.181. The van der Waals surface area contributed by atoms with Crippen LogP contribution in [0.5, 0.6) is 11.5 Å². The van der Waals surface area contributed by atoms with Gasteiger partial charge in [-0.05, 0) is 79.9 Å². The van der Waals surface area contributed by atoms with E-state index in [1.807, 2.05) is 0 Å². The second kappa shape index (κ2) is 12.6. The molecule has 2 N–H and O–H groups in total. The Hall–Kier alpha value is -3.40. The Balaban J connectivity index is 1.37. The molecule has 0 spiro atoms. The van der Waals surface area contributed by atoms with E-state index in [9.17, 15) is 18.3 Å². The third kappa shape index (κ3) is 8.09. The lowest BCUT2D eigenvalue weighted by Gasteiger charge is -2.16. The molecule has 1 aromatic heterocycles. The highest BCUT2D eigenvalue weighted by atomic mass is 35.5. The number of aromatic nitrogens is 1. The van der Waals surface area contributed by atoms with E-state index < -0.39 is 15.7 Å². The summed E-state index contributed by atoms with van der Waals surface area (Å²) in [5.41, 5.74) is 2.41. The number of carbonyl (C=O) groups excluding carboxylic acids is 1. The summed E-state index contributed by atoms with van der Waals surface area (Å²) in [7, 11) is -3.45. The number of ether oxygens (including phenoxy) is 1. The summed E-state index contributed by atoms with van der Waals surface area (Å²) in [4.78, 5) is 19.1. The number of hydrogen-bond acceptors (Lipinski definition) is 7. The van der Waals surface area contributed by atoms with Crippen molar-refractivity contribution in [3.05, 3.63) is 98.5 Å². The molecule has 4 rings (SSSR count). The molecule has 0 fully saturated rings. The van der Waals surface area contributed by atoms with Crippen molar-refractivity contribution in [1.82, 2.24) is 4.98 Å². The number of nitrogens with one attached hydrogen (secondary N) is 1. The number of benzene rings is 3. The first-order valence-corrected chi connectivity index (χ1v) is 16.0. The number of aromatic hydroxyl groups is 1. The van der Waals surface area contributed by atoms with Crippen LogP contribution in [0.4, 0.5) is 5.69 Å². The van der Waals surface area contributed by atoms with Crippen molar-refractivity contribution < 1.29 is 23.1 Å². The lowest BCUT2D eigenvalue weighted by Crippen LogP contribution is -2.13. The zero-order valence-electron chi connectivity index (χ0n) is 23.4. The molecule has 0 bridgehead atoms. The molecular formula is C31H33ClN2O5S2. The van der Waals surface area contributed by atoms with Crippen LogP contribution in [0, 0.1) is 6.92 Å². The van der Waals surface area contributed by atoms with Crippen molar-refractivity contribution in [2.75, 3.05) is 11.1 Å². The van der Waals surface area contributed by atoms with Gasteiger partial charge in [-0.25, -0.2) is 13.4 Å². The van der Waals surface area contributed by atoms with Gasteiger partial charge < -0.3 is 15.2 Å². The molecule has 1 amide bonds. The molecule has 0 saturated heterocycles. The van der Waals surface area contributed by atoms with Gasteiger partial charge in [-0.2, -0.15) is 0 Å². The van der Waals surface area contributed by atoms with Crippen LogP contribution in [0.15, 0.2) is 71.6 Å². The number of carbonyl (C=O) groups is 1. The molecule has 0 aliphatic carbocycles. The number of amides is 1. The Labute approximate surface area is 250 Å². The van der Waals surface area contributed by atoms with E-state index >= 15 is 0 Å². The zero-order valence-corrected chi connectivity index (χ0v) is 25.8. The molecule has 0 saturated carbocycles. The van der Waals surface area contributed by atoms with Gasteiger partial charge in [0.2, 0.25) is 0 Å². The molecule has 216 valence electrons. The van der Waals surface area contributed by atoms with E-state index in [0.29, 0.717) is 35.8 Å². The molecule has 1 heterocycles. The van der Waals surface area contributed by atoms with Crippen LogP contribution >= 0.6 is 22.9 Å². The van der Waals surface area contributed by atoms with Crippen LogP contribution in [-0.2, 0) is 28.3 Å². The highest BCUT2D eigenvalue weighted by Crippen LogP contribution is 2.30. The van der Waals surface area contributed by atoms with Crippen molar-refractivity contribution >= 4 is 44.4 Å². The first-order valence-electron chi connectivity index (χ1n) is 13.1. The maximum atomic E-state index is 13.0. The monoisotopic (exact) mass is 612 g/mol. The zero-order chi connectivity index (χ0) is 29.8. The summed E-state index contributed by atoms with van der Waals surface area (Å²) >= 11 is 7.46. The number of hydrogen-bond donors (Lipinski definition) is 2. The van der Waals surface area contributed by atoms with Crippen LogP contribution < -0.4 is 10.1 Å². The summed E-state index contributed by atoms with van der Waals surface area (Å²) in [5, 5.41) is 14.4. The Morgan fingerprint density at radius 3 is 2.49 bits per heavy atom. The molecular weight excluding hydrogens is 580 g/mol. The van der Waals surface area contributed by atoms with E-state index in [-0.39, 0.29) is 27.5 Å². The lowest BCUT2D eigenvalue weighted by atomic mass is 9.92. The van der Waals surface area contributed by atoms with Crippen molar-refractivity contribution in [2.24, 2.45) is 0 Å². The van der Waals surface area contributed by atoms with Crippen molar-refractivity contribution in [3.63, 3.8) is 0 Å². The molecule has 7 nitrogen and oxygen atoms in total. The molecule has 0 unspecified atom stereocenters. The highest BCUT2D eigenvalue weighted by molar-refractivity contribution is 7.91. The average Bonchev–Trinajstić information content (AvgIpc) is 3.30. The molecule has 0 atom stereocenters. The van der Waals surface area contributed by atoms with Gasteiger partial charge >= 0.3 is 0 Å². The van der Waals surface area contributed by atoms with Crippen LogP contribution in [-0.4, -0.2) is 30.2 Å². The summed E-state index contributed by atoms with van der Waals surface area (Å²) < 4.78 is 31.2. The van der Waals surface area contributed by atoms with Crippen LogP contribution in [0.25, 0.3) is 0 Å². The van der Waals surface area contributed by atoms with Gasteiger partial charge in [0, 0.05) is 20.9 Å². The third-order valence-corrected chi connectivity index (χ3v) is 9.38. The van der Waals surface area contributed by atoms with E-state index in [4.69, 9.17) is 21.3 Å². The number of sulfone groups is 1. The summed E-state index contributed by atoms with van der Waals surface area (Å²) in [6.07, 6.45) is 0.824. The Morgan fingerprint density at radius 1 is 1.07 bits per heavy atom. The molecule has 3 aromatic carbocycles. The van der Waals surface area contributed by atoms with E-state index in [1.165, 1.54) is 18.2 Å². The topological polar surface area (TPSA) is 106 Å². The molecule has 0 aliphatic heterocycles. The van der Waals surface area contributed by atoms with Gasteiger partial charge in [0.25, 0.3) is 5.91 Å². The van der Waals surface area contributed by atoms with Crippen LogP contribution in [0.1, 0.15) is 58.7 Å².